The van der Waals surface area contributed by atoms with Gasteiger partial charge in [-0.1, -0.05) is 24.3 Å². The van der Waals surface area contributed by atoms with Crippen LogP contribution in [0.1, 0.15) is 35.6 Å². The van der Waals surface area contributed by atoms with Crippen molar-refractivity contribution >= 4 is 5.96 Å². The van der Waals surface area contributed by atoms with Crippen molar-refractivity contribution < 1.29 is 9.47 Å². The van der Waals surface area contributed by atoms with E-state index in [4.69, 9.17) is 9.47 Å². The van der Waals surface area contributed by atoms with E-state index >= 15 is 0 Å². The van der Waals surface area contributed by atoms with Gasteiger partial charge in [0.15, 0.2) is 11.8 Å². The van der Waals surface area contributed by atoms with Gasteiger partial charge in [0.05, 0.1) is 19.3 Å². The summed E-state index contributed by atoms with van der Waals surface area (Å²) in [5, 5.41) is 14.8. The van der Waals surface area contributed by atoms with Crippen molar-refractivity contribution in [2.24, 2.45) is 12.0 Å². The molecule has 2 N–H and O–H groups in total. The molecule has 2 aromatic rings. The van der Waals surface area contributed by atoms with E-state index in [9.17, 15) is 0 Å². The van der Waals surface area contributed by atoms with Gasteiger partial charge < -0.3 is 24.7 Å². The van der Waals surface area contributed by atoms with Gasteiger partial charge in [-0.25, -0.2) is 0 Å². The van der Waals surface area contributed by atoms with Crippen molar-refractivity contribution in [2.45, 2.75) is 45.6 Å². The van der Waals surface area contributed by atoms with Crippen molar-refractivity contribution in [3.05, 3.63) is 47.0 Å². The van der Waals surface area contributed by atoms with Gasteiger partial charge in [0, 0.05) is 33.9 Å². The van der Waals surface area contributed by atoms with E-state index < -0.39 is 0 Å². The van der Waals surface area contributed by atoms with Gasteiger partial charge in [0.2, 0.25) is 0 Å². The first kappa shape index (κ1) is 20.3. The van der Waals surface area contributed by atoms with E-state index in [0.717, 1.165) is 43.7 Å². The van der Waals surface area contributed by atoms with Crippen LogP contribution < -0.4 is 10.6 Å². The highest BCUT2D eigenvalue weighted by atomic mass is 16.5. The van der Waals surface area contributed by atoms with Crippen LogP contribution >= 0.6 is 0 Å². The Bertz CT molecular complexity index is 766. The molecule has 1 aromatic heterocycles. The predicted octanol–water partition coefficient (Wildman–Crippen LogP) is 1.68. The van der Waals surface area contributed by atoms with Gasteiger partial charge in [-0.15, -0.1) is 10.2 Å². The van der Waals surface area contributed by atoms with Gasteiger partial charge in [0.1, 0.15) is 5.82 Å². The van der Waals surface area contributed by atoms with Crippen molar-refractivity contribution in [3.8, 4) is 0 Å². The van der Waals surface area contributed by atoms with Crippen LogP contribution in [-0.4, -0.2) is 47.1 Å². The molecule has 0 amide bonds. The summed E-state index contributed by atoms with van der Waals surface area (Å²) in [5.41, 5.74) is 2.38. The maximum absolute atomic E-state index is 5.97. The van der Waals surface area contributed by atoms with E-state index in [1.807, 2.05) is 18.5 Å². The second-order valence-corrected chi connectivity index (χ2v) is 6.94. The molecule has 0 spiro atoms. The van der Waals surface area contributed by atoms with Crippen molar-refractivity contribution in [1.82, 2.24) is 25.4 Å². The molecule has 8 nitrogen and oxygen atoms in total. The van der Waals surface area contributed by atoms with E-state index in [1.54, 1.807) is 7.05 Å². The fraction of sp³-hybridized carbons (Fsp3) is 0.550. The van der Waals surface area contributed by atoms with Gasteiger partial charge in [-0.2, -0.15) is 0 Å². The van der Waals surface area contributed by atoms with Crippen LogP contribution in [0.5, 0.6) is 0 Å². The maximum atomic E-state index is 5.97. The fourth-order valence-corrected chi connectivity index (χ4v) is 2.98. The van der Waals surface area contributed by atoms with Crippen molar-refractivity contribution in [3.63, 3.8) is 0 Å². The lowest BCUT2D eigenvalue weighted by Gasteiger charge is -2.22. The molecule has 3 rings (SSSR count). The number of aliphatic imine (C=N–C) groups is 1. The molecule has 1 aliphatic rings. The SMILES string of the molecule is CN=C(NCc1ccc(COC2CCOCC2)cc1)NCc1nnc(C)n1C. The summed E-state index contributed by atoms with van der Waals surface area (Å²) in [6.45, 7) is 5.46. The number of nitrogens with one attached hydrogen (secondary N) is 2. The summed E-state index contributed by atoms with van der Waals surface area (Å²) in [6, 6.07) is 8.48. The molecule has 0 saturated carbocycles. The summed E-state index contributed by atoms with van der Waals surface area (Å²) in [4.78, 5) is 4.26. The third-order valence-electron chi connectivity index (χ3n) is 4.96. The minimum absolute atomic E-state index is 0.321. The van der Waals surface area contributed by atoms with Gasteiger partial charge in [-0.05, 0) is 30.9 Å². The number of hydrogen-bond acceptors (Lipinski definition) is 5. The Morgan fingerprint density at radius 1 is 1.14 bits per heavy atom. The zero-order valence-electron chi connectivity index (χ0n) is 16.9. The fourth-order valence-electron chi connectivity index (χ4n) is 2.98. The summed E-state index contributed by atoms with van der Waals surface area (Å²) < 4.78 is 13.3. The van der Waals surface area contributed by atoms with E-state index in [2.05, 4.69) is 50.1 Å². The molecular weight excluding hydrogens is 356 g/mol. The number of ether oxygens (including phenoxy) is 2. The minimum Gasteiger partial charge on any atom is -0.381 e. The second kappa shape index (κ2) is 10.2. The lowest BCUT2D eigenvalue weighted by Crippen LogP contribution is -2.36. The summed E-state index contributed by atoms with van der Waals surface area (Å²) in [6.07, 6.45) is 2.30. The molecule has 1 saturated heterocycles. The molecule has 1 aromatic carbocycles. The molecule has 152 valence electrons. The molecule has 0 radical (unpaired) electrons. The second-order valence-electron chi connectivity index (χ2n) is 6.94. The van der Waals surface area contributed by atoms with E-state index in [0.29, 0.717) is 25.8 Å². The topological polar surface area (TPSA) is 85.6 Å². The largest absolute Gasteiger partial charge is 0.381 e. The average Bonchev–Trinajstić information content (AvgIpc) is 3.06. The lowest BCUT2D eigenvalue weighted by atomic mass is 10.1. The van der Waals surface area contributed by atoms with Crippen LogP contribution in [0, 0.1) is 6.92 Å². The highest BCUT2D eigenvalue weighted by Gasteiger charge is 2.14. The Hall–Kier alpha value is -2.45. The monoisotopic (exact) mass is 386 g/mol. The number of guanidine groups is 1. The summed E-state index contributed by atoms with van der Waals surface area (Å²) >= 11 is 0. The number of hydrogen-bond donors (Lipinski definition) is 2. The van der Waals surface area contributed by atoms with Crippen molar-refractivity contribution in [2.75, 3.05) is 20.3 Å². The number of aryl methyl sites for hydroxylation is 1. The normalized spacial score (nSPS) is 15.6. The molecule has 8 heteroatoms. The Labute approximate surface area is 166 Å². The lowest BCUT2D eigenvalue weighted by molar-refractivity contribution is -0.0390. The van der Waals surface area contributed by atoms with Crippen molar-refractivity contribution in [1.29, 1.82) is 0 Å². The quantitative estimate of drug-likeness (QED) is 0.556. The van der Waals surface area contributed by atoms with Crippen LogP contribution in [0.2, 0.25) is 0 Å². The first-order valence-electron chi connectivity index (χ1n) is 9.72. The third-order valence-corrected chi connectivity index (χ3v) is 4.96. The first-order valence-corrected chi connectivity index (χ1v) is 9.72. The van der Waals surface area contributed by atoms with Gasteiger partial charge in [0.25, 0.3) is 0 Å². The molecule has 0 bridgehead atoms. The van der Waals surface area contributed by atoms with Crippen LogP contribution in [0.15, 0.2) is 29.3 Å². The Morgan fingerprint density at radius 3 is 2.46 bits per heavy atom. The minimum atomic E-state index is 0.321. The standard InChI is InChI=1S/C20H30N6O2/c1-15-24-25-19(26(15)3)13-23-20(21-2)22-12-16-4-6-17(7-5-16)14-28-18-8-10-27-11-9-18/h4-7,18H,8-14H2,1-3H3,(H2,21,22,23). The number of rotatable bonds is 7. The molecule has 0 unspecified atom stereocenters. The van der Waals surface area contributed by atoms with Gasteiger partial charge in [-0.3, -0.25) is 4.99 Å². The first-order chi connectivity index (χ1) is 13.7. The molecule has 1 fully saturated rings. The third kappa shape index (κ3) is 5.77. The van der Waals surface area contributed by atoms with Gasteiger partial charge >= 0.3 is 0 Å². The zero-order valence-corrected chi connectivity index (χ0v) is 16.9. The Balaban J connectivity index is 1.42. The number of nitrogens with zero attached hydrogens (tertiary/aromatic N) is 4. The molecule has 28 heavy (non-hydrogen) atoms. The van der Waals surface area contributed by atoms with Crippen LogP contribution in [0.3, 0.4) is 0 Å². The number of benzene rings is 1. The Morgan fingerprint density at radius 2 is 1.82 bits per heavy atom. The average molecular weight is 387 g/mol. The predicted molar refractivity (Wildman–Crippen MR) is 108 cm³/mol. The maximum Gasteiger partial charge on any atom is 0.191 e. The van der Waals surface area contributed by atoms with Crippen LogP contribution in [-0.2, 0) is 36.2 Å². The molecular formula is C20H30N6O2. The molecule has 1 aliphatic heterocycles. The van der Waals surface area contributed by atoms with Crippen LogP contribution in [0.4, 0.5) is 0 Å². The van der Waals surface area contributed by atoms with E-state index in [1.165, 1.54) is 11.1 Å². The number of aromatic nitrogens is 3. The molecule has 2 heterocycles. The smallest absolute Gasteiger partial charge is 0.191 e. The Kier molecular flexibility index (Phi) is 7.39. The summed E-state index contributed by atoms with van der Waals surface area (Å²) in [7, 11) is 3.71. The van der Waals surface area contributed by atoms with E-state index in [-0.39, 0.29) is 0 Å². The molecule has 0 atom stereocenters. The highest BCUT2D eigenvalue weighted by Crippen LogP contribution is 2.14. The zero-order chi connectivity index (χ0) is 19.8. The highest BCUT2D eigenvalue weighted by molar-refractivity contribution is 5.79. The summed E-state index contributed by atoms with van der Waals surface area (Å²) in [5.74, 6) is 2.49. The molecule has 0 aliphatic carbocycles. The van der Waals surface area contributed by atoms with Crippen LogP contribution in [0.25, 0.3) is 0 Å².